The van der Waals surface area contributed by atoms with E-state index >= 15 is 0 Å². The Hall–Kier alpha value is -1.88. The number of piperidine rings is 1. The zero-order chi connectivity index (χ0) is 13.8. The van der Waals surface area contributed by atoms with Crippen LogP contribution in [-0.2, 0) is 9.59 Å². The molecule has 2 atom stereocenters. The van der Waals surface area contributed by atoms with E-state index in [1.165, 1.54) is 0 Å². The van der Waals surface area contributed by atoms with Gasteiger partial charge in [-0.05, 0) is 12.0 Å². The Balaban J connectivity index is 1.93. The minimum absolute atomic E-state index is 0.00929. The third-order valence-electron chi connectivity index (χ3n) is 3.41. The van der Waals surface area contributed by atoms with Crippen LogP contribution < -0.4 is 11.1 Å². The van der Waals surface area contributed by atoms with E-state index in [1.54, 1.807) is 11.9 Å². The summed E-state index contributed by atoms with van der Waals surface area (Å²) in [6.07, 6.45) is 1.15. The molecular formula is C14H19N3O2. The van der Waals surface area contributed by atoms with Gasteiger partial charge in [-0.1, -0.05) is 30.3 Å². The van der Waals surface area contributed by atoms with Gasteiger partial charge in [0.2, 0.25) is 11.8 Å². The molecule has 5 heteroatoms. The van der Waals surface area contributed by atoms with Gasteiger partial charge in [-0.25, -0.2) is 0 Å². The molecule has 1 heterocycles. The van der Waals surface area contributed by atoms with Crippen molar-refractivity contribution in [2.75, 3.05) is 13.6 Å². The fourth-order valence-electron chi connectivity index (χ4n) is 2.23. The van der Waals surface area contributed by atoms with Gasteiger partial charge in [-0.15, -0.1) is 0 Å². The second kappa shape index (κ2) is 5.84. The lowest BCUT2D eigenvalue weighted by molar-refractivity contribution is -0.134. The van der Waals surface area contributed by atoms with Gasteiger partial charge in [0, 0.05) is 26.1 Å². The predicted molar refractivity (Wildman–Crippen MR) is 72.2 cm³/mol. The second-order valence-corrected chi connectivity index (χ2v) is 4.91. The Morgan fingerprint density at radius 3 is 2.74 bits per heavy atom. The van der Waals surface area contributed by atoms with Crippen LogP contribution in [0.3, 0.4) is 0 Å². The first-order valence-electron chi connectivity index (χ1n) is 6.43. The fourth-order valence-corrected chi connectivity index (χ4v) is 2.23. The minimum Gasteiger partial charge on any atom is -0.350 e. The minimum atomic E-state index is -0.663. The summed E-state index contributed by atoms with van der Waals surface area (Å²) in [5.41, 5.74) is 6.72. The highest BCUT2D eigenvalue weighted by molar-refractivity contribution is 5.83. The van der Waals surface area contributed by atoms with Gasteiger partial charge >= 0.3 is 0 Å². The van der Waals surface area contributed by atoms with Crippen molar-refractivity contribution in [2.45, 2.75) is 24.9 Å². The van der Waals surface area contributed by atoms with Crippen LogP contribution >= 0.6 is 0 Å². The molecule has 5 nitrogen and oxygen atoms in total. The van der Waals surface area contributed by atoms with E-state index in [2.05, 4.69) is 5.32 Å². The van der Waals surface area contributed by atoms with Crippen molar-refractivity contribution in [1.29, 1.82) is 0 Å². The van der Waals surface area contributed by atoms with E-state index < -0.39 is 6.04 Å². The quantitative estimate of drug-likeness (QED) is 0.828. The van der Waals surface area contributed by atoms with Crippen molar-refractivity contribution in [3.63, 3.8) is 0 Å². The Morgan fingerprint density at radius 1 is 1.42 bits per heavy atom. The van der Waals surface area contributed by atoms with Gasteiger partial charge in [-0.2, -0.15) is 0 Å². The number of rotatable bonds is 3. The molecule has 0 bridgehead atoms. The van der Waals surface area contributed by atoms with Crippen molar-refractivity contribution in [1.82, 2.24) is 10.2 Å². The van der Waals surface area contributed by atoms with E-state index in [1.807, 2.05) is 30.3 Å². The smallest absolute Gasteiger partial charge is 0.241 e. The molecule has 2 rings (SSSR count). The van der Waals surface area contributed by atoms with Crippen LogP contribution in [0.15, 0.2) is 30.3 Å². The first kappa shape index (κ1) is 13.5. The molecule has 1 aromatic rings. The number of carbonyl (C=O) groups is 2. The number of nitrogens with one attached hydrogen (secondary N) is 1. The van der Waals surface area contributed by atoms with Crippen LogP contribution in [0.4, 0.5) is 0 Å². The van der Waals surface area contributed by atoms with Gasteiger partial charge in [-0.3, -0.25) is 9.59 Å². The Kier molecular flexibility index (Phi) is 4.16. The lowest BCUT2D eigenvalue weighted by Crippen LogP contribution is -2.50. The van der Waals surface area contributed by atoms with Gasteiger partial charge in [0.1, 0.15) is 6.04 Å². The summed E-state index contributed by atoms with van der Waals surface area (Å²) < 4.78 is 0. The average Bonchev–Trinajstić information content (AvgIpc) is 2.43. The molecular weight excluding hydrogens is 242 g/mol. The number of nitrogens with two attached hydrogens (primary N) is 1. The van der Waals surface area contributed by atoms with Gasteiger partial charge < -0.3 is 16.0 Å². The first-order chi connectivity index (χ1) is 9.08. The molecule has 1 saturated heterocycles. The second-order valence-electron chi connectivity index (χ2n) is 4.91. The van der Waals surface area contributed by atoms with Crippen LogP contribution in [0, 0.1) is 0 Å². The number of amides is 2. The summed E-state index contributed by atoms with van der Waals surface area (Å²) in [6.45, 7) is 0.548. The van der Waals surface area contributed by atoms with Gasteiger partial charge in [0.15, 0.2) is 0 Å². The molecule has 102 valence electrons. The van der Waals surface area contributed by atoms with Crippen molar-refractivity contribution in [2.24, 2.45) is 5.73 Å². The molecule has 1 fully saturated rings. The molecule has 1 aliphatic heterocycles. The van der Waals surface area contributed by atoms with E-state index in [0.29, 0.717) is 19.4 Å². The molecule has 0 spiro atoms. The molecule has 0 aliphatic carbocycles. The number of carbonyl (C=O) groups excluding carboxylic acids is 2. The molecule has 0 aromatic heterocycles. The number of hydrogen-bond acceptors (Lipinski definition) is 3. The maximum absolute atomic E-state index is 12.1. The zero-order valence-electron chi connectivity index (χ0n) is 11.0. The largest absolute Gasteiger partial charge is 0.350 e. The Bertz CT molecular complexity index is 461. The van der Waals surface area contributed by atoms with Gasteiger partial charge in [0.05, 0.1) is 0 Å². The third-order valence-corrected chi connectivity index (χ3v) is 3.41. The lowest BCUT2D eigenvalue weighted by Gasteiger charge is -2.30. The SMILES string of the molecule is CN1CC(NC(=O)C(N)c2ccccc2)CCC1=O. The first-order valence-corrected chi connectivity index (χ1v) is 6.43. The molecule has 2 unspecified atom stereocenters. The highest BCUT2D eigenvalue weighted by Gasteiger charge is 2.26. The molecule has 19 heavy (non-hydrogen) atoms. The van der Waals surface area contributed by atoms with Crippen LogP contribution in [0.1, 0.15) is 24.4 Å². The summed E-state index contributed by atoms with van der Waals surface area (Å²) in [4.78, 5) is 25.1. The molecule has 1 aliphatic rings. The number of benzene rings is 1. The normalized spacial score (nSPS) is 21.1. The number of likely N-dealkylation sites (N-methyl/N-ethyl adjacent to an activating group) is 1. The highest BCUT2D eigenvalue weighted by atomic mass is 16.2. The molecule has 0 saturated carbocycles. The highest BCUT2D eigenvalue weighted by Crippen LogP contribution is 2.13. The number of hydrogen-bond donors (Lipinski definition) is 2. The van der Waals surface area contributed by atoms with E-state index in [4.69, 9.17) is 5.73 Å². The molecule has 1 aromatic carbocycles. The van der Waals surface area contributed by atoms with Crippen molar-refractivity contribution < 1.29 is 9.59 Å². The summed E-state index contributed by atoms with van der Waals surface area (Å²) in [5, 5.41) is 2.91. The molecule has 0 radical (unpaired) electrons. The van der Waals surface area contributed by atoms with Crippen LogP contribution in [0.5, 0.6) is 0 Å². The van der Waals surface area contributed by atoms with Crippen LogP contribution in [-0.4, -0.2) is 36.3 Å². The van der Waals surface area contributed by atoms with Crippen LogP contribution in [0.2, 0.25) is 0 Å². The maximum atomic E-state index is 12.1. The Morgan fingerprint density at radius 2 is 2.11 bits per heavy atom. The number of likely N-dealkylation sites (tertiary alicyclic amines) is 1. The average molecular weight is 261 g/mol. The zero-order valence-corrected chi connectivity index (χ0v) is 11.0. The lowest BCUT2D eigenvalue weighted by atomic mass is 10.0. The summed E-state index contributed by atoms with van der Waals surface area (Å²) >= 11 is 0. The standard InChI is InChI=1S/C14H19N3O2/c1-17-9-11(7-8-12(17)18)16-14(19)13(15)10-5-3-2-4-6-10/h2-6,11,13H,7-9,15H2,1H3,(H,16,19). The summed E-state index contributed by atoms with van der Waals surface area (Å²) in [5.74, 6) is -0.0724. The monoisotopic (exact) mass is 261 g/mol. The van der Waals surface area contributed by atoms with Crippen molar-refractivity contribution >= 4 is 11.8 Å². The topological polar surface area (TPSA) is 75.4 Å². The molecule has 3 N–H and O–H groups in total. The van der Waals surface area contributed by atoms with Gasteiger partial charge in [0.25, 0.3) is 0 Å². The summed E-state index contributed by atoms with van der Waals surface area (Å²) in [6, 6.07) is 8.59. The van der Waals surface area contributed by atoms with E-state index in [9.17, 15) is 9.59 Å². The number of nitrogens with zero attached hydrogens (tertiary/aromatic N) is 1. The van der Waals surface area contributed by atoms with Crippen LogP contribution in [0.25, 0.3) is 0 Å². The summed E-state index contributed by atoms with van der Waals surface area (Å²) in [7, 11) is 1.75. The molecule has 2 amide bonds. The Labute approximate surface area is 112 Å². The van der Waals surface area contributed by atoms with Crippen molar-refractivity contribution in [3.05, 3.63) is 35.9 Å². The fraction of sp³-hybridized carbons (Fsp3) is 0.429. The van der Waals surface area contributed by atoms with Crippen molar-refractivity contribution in [3.8, 4) is 0 Å². The van der Waals surface area contributed by atoms with E-state index in [-0.39, 0.29) is 17.9 Å². The van der Waals surface area contributed by atoms with E-state index in [0.717, 1.165) is 5.56 Å². The predicted octanol–water partition coefficient (Wildman–Crippen LogP) is 0.423. The third kappa shape index (κ3) is 3.32. The maximum Gasteiger partial charge on any atom is 0.241 e.